The molecule has 0 amide bonds. The van der Waals surface area contributed by atoms with Gasteiger partial charge in [-0.1, -0.05) is 6.08 Å². The van der Waals surface area contributed by atoms with Gasteiger partial charge in [-0.3, -0.25) is 0 Å². The molecule has 1 aliphatic heterocycles. The maximum absolute atomic E-state index is 9.46. The fourth-order valence-corrected chi connectivity index (χ4v) is 1.31. The molecule has 5 atom stereocenters. The Kier molecular flexibility index (Phi) is 4.03. The van der Waals surface area contributed by atoms with Crippen LogP contribution in [0.2, 0.25) is 0 Å². The predicted molar refractivity (Wildman–Crippen MR) is 48.5 cm³/mol. The van der Waals surface area contributed by atoms with Crippen LogP contribution in [0.1, 0.15) is 6.92 Å². The maximum atomic E-state index is 9.46. The molecule has 5 nitrogen and oxygen atoms in total. The molecule has 5 heteroatoms. The second-order valence-corrected chi connectivity index (χ2v) is 3.30. The van der Waals surface area contributed by atoms with Crippen molar-refractivity contribution in [2.75, 3.05) is 6.61 Å². The van der Waals surface area contributed by atoms with Crippen LogP contribution >= 0.6 is 0 Å². The normalized spacial score (nSPS) is 43.6. The average molecular weight is 204 g/mol. The minimum Gasteiger partial charge on any atom is -0.388 e. The highest BCUT2D eigenvalue weighted by Gasteiger charge is 2.42. The molecule has 3 unspecified atom stereocenters. The van der Waals surface area contributed by atoms with Gasteiger partial charge in [-0.2, -0.15) is 0 Å². The first-order chi connectivity index (χ1) is 6.57. The molecule has 1 heterocycles. The largest absolute Gasteiger partial charge is 0.388 e. The third-order valence-corrected chi connectivity index (χ3v) is 2.19. The summed E-state index contributed by atoms with van der Waals surface area (Å²) in [6.07, 6.45) is -3.54. The molecular weight excluding hydrogens is 188 g/mol. The second kappa shape index (κ2) is 4.86. The number of hydrogen-bond acceptors (Lipinski definition) is 5. The van der Waals surface area contributed by atoms with Crippen molar-refractivity contribution in [2.24, 2.45) is 0 Å². The Labute approximate surface area is 82.6 Å². The molecule has 82 valence electrons. The predicted octanol–water partition coefficient (Wildman–Crippen LogP) is -0.984. The van der Waals surface area contributed by atoms with E-state index in [-0.39, 0.29) is 6.61 Å². The minimum absolute atomic E-state index is 0.220. The lowest BCUT2D eigenvalue weighted by Gasteiger charge is -2.38. The molecular formula is C9H16O5. The number of hydrogen-bond donors (Lipinski definition) is 3. The molecule has 1 rings (SSSR count). The fraction of sp³-hybridized carbons (Fsp3) is 0.778. The lowest BCUT2D eigenvalue weighted by Crippen LogP contribution is -2.57. The van der Waals surface area contributed by atoms with Gasteiger partial charge in [0.15, 0.2) is 6.29 Å². The summed E-state index contributed by atoms with van der Waals surface area (Å²) in [5, 5.41) is 28.2. The van der Waals surface area contributed by atoms with Crippen LogP contribution in [0, 0.1) is 0 Å². The van der Waals surface area contributed by atoms with E-state index in [2.05, 4.69) is 6.58 Å². The van der Waals surface area contributed by atoms with Crippen LogP contribution in [0.3, 0.4) is 0 Å². The number of rotatable bonds is 3. The average Bonchev–Trinajstić information content (AvgIpc) is 2.18. The lowest BCUT2D eigenvalue weighted by molar-refractivity contribution is -0.290. The van der Waals surface area contributed by atoms with E-state index in [1.807, 2.05) is 0 Å². The summed E-state index contributed by atoms with van der Waals surface area (Å²) >= 11 is 0. The molecule has 1 saturated heterocycles. The molecule has 0 spiro atoms. The summed E-state index contributed by atoms with van der Waals surface area (Å²) < 4.78 is 10.2. The smallest absolute Gasteiger partial charge is 0.186 e. The van der Waals surface area contributed by atoms with Gasteiger partial charge in [0.25, 0.3) is 0 Å². The van der Waals surface area contributed by atoms with Gasteiger partial charge in [-0.25, -0.2) is 0 Å². The molecule has 1 aliphatic rings. The number of aliphatic hydroxyl groups is 3. The van der Waals surface area contributed by atoms with E-state index >= 15 is 0 Å². The third kappa shape index (κ3) is 2.31. The van der Waals surface area contributed by atoms with Gasteiger partial charge in [0, 0.05) is 0 Å². The highest BCUT2D eigenvalue weighted by Crippen LogP contribution is 2.21. The Morgan fingerprint density at radius 1 is 1.29 bits per heavy atom. The van der Waals surface area contributed by atoms with Gasteiger partial charge in [0.1, 0.15) is 18.3 Å². The van der Waals surface area contributed by atoms with Gasteiger partial charge in [-0.05, 0) is 6.92 Å². The monoisotopic (exact) mass is 204 g/mol. The van der Waals surface area contributed by atoms with Gasteiger partial charge < -0.3 is 24.8 Å². The van der Waals surface area contributed by atoms with Crippen LogP contribution in [0.25, 0.3) is 0 Å². The molecule has 3 N–H and O–H groups in total. The Hall–Kier alpha value is -0.460. The van der Waals surface area contributed by atoms with Crippen LogP contribution in [0.5, 0.6) is 0 Å². The SMILES string of the molecule is C=CCO[C@H]1OC(C)[C@@H](O)C(O)C1O. The van der Waals surface area contributed by atoms with Crippen molar-refractivity contribution in [1.82, 2.24) is 0 Å². The molecule has 0 saturated carbocycles. The van der Waals surface area contributed by atoms with Crippen LogP contribution in [-0.4, -0.2) is 52.6 Å². The van der Waals surface area contributed by atoms with Gasteiger partial charge in [-0.15, -0.1) is 6.58 Å². The summed E-state index contributed by atoms with van der Waals surface area (Å²) in [5.74, 6) is 0. The topological polar surface area (TPSA) is 79.2 Å². The summed E-state index contributed by atoms with van der Waals surface area (Å²) in [6.45, 7) is 5.27. The molecule has 14 heavy (non-hydrogen) atoms. The summed E-state index contributed by atoms with van der Waals surface area (Å²) in [6, 6.07) is 0. The quantitative estimate of drug-likeness (QED) is 0.515. The molecule has 0 aromatic heterocycles. The van der Waals surface area contributed by atoms with E-state index in [1.165, 1.54) is 6.08 Å². The van der Waals surface area contributed by atoms with Crippen LogP contribution in [-0.2, 0) is 9.47 Å². The van der Waals surface area contributed by atoms with Crippen LogP contribution < -0.4 is 0 Å². The Bertz CT molecular complexity index is 196. The fourth-order valence-electron chi connectivity index (χ4n) is 1.31. The van der Waals surface area contributed by atoms with Crippen molar-refractivity contribution in [3.63, 3.8) is 0 Å². The summed E-state index contributed by atoms with van der Waals surface area (Å²) in [5.41, 5.74) is 0. The zero-order chi connectivity index (χ0) is 10.7. The van der Waals surface area contributed by atoms with E-state index in [0.29, 0.717) is 0 Å². The molecule has 1 fully saturated rings. The molecule has 0 radical (unpaired) electrons. The van der Waals surface area contributed by atoms with Gasteiger partial charge in [0.2, 0.25) is 0 Å². The molecule has 0 aromatic rings. The summed E-state index contributed by atoms with van der Waals surface area (Å²) in [4.78, 5) is 0. The highest BCUT2D eigenvalue weighted by molar-refractivity contribution is 4.87. The van der Waals surface area contributed by atoms with Crippen LogP contribution in [0.4, 0.5) is 0 Å². The van der Waals surface area contributed by atoms with E-state index in [4.69, 9.17) is 9.47 Å². The first-order valence-electron chi connectivity index (χ1n) is 4.50. The second-order valence-electron chi connectivity index (χ2n) is 3.30. The van der Waals surface area contributed by atoms with Crippen molar-refractivity contribution in [3.05, 3.63) is 12.7 Å². The Balaban J connectivity index is 2.55. The zero-order valence-electron chi connectivity index (χ0n) is 8.04. The van der Waals surface area contributed by atoms with E-state index < -0.39 is 30.7 Å². The standard InChI is InChI=1S/C9H16O5/c1-3-4-13-9-8(12)7(11)6(10)5(2)14-9/h3,5-12H,1,4H2,2H3/t5?,6-,7?,8?,9+/m1/s1. The van der Waals surface area contributed by atoms with Crippen molar-refractivity contribution >= 4 is 0 Å². The van der Waals surface area contributed by atoms with Gasteiger partial charge >= 0.3 is 0 Å². The van der Waals surface area contributed by atoms with E-state index in [0.717, 1.165) is 0 Å². The maximum Gasteiger partial charge on any atom is 0.186 e. The number of aliphatic hydroxyl groups excluding tert-OH is 3. The van der Waals surface area contributed by atoms with Crippen molar-refractivity contribution in [2.45, 2.75) is 37.6 Å². The first kappa shape index (κ1) is 11.6. The number of ether oxygens (including phenoxy) is 2. The molecule has 0 aliphatic carbocycles. The Morgan fingerprint density at radius 3 is 2.50 bits per heavy atom. The zero-order valence-corrected chi connectivity index (χ0v) is 8.04. The van der Waals surface area contributed by atoms with E-state index in [1.54, 1.807) is 6.92 Å². The van der Waals surface area contributed by atoms with E-state index in [9.17, 15) is 15.3 Å². The summed E-state index contributed by atoms with van der Waals surface area (Å²) in [7, 11) is 0. The van der Waals surface area contributed by atoms with Gasteiger partial charge in [0.05, 0.1) is 12.7 Å². The Morgan fingerprint density at radius 2 is 1.93 bits per heavy atom. The molecule has 0 bridgehead atoms. The highest BCUT2D eigenvalue weighted by atomic mass is 16.7. The van der Waals surface area contributed by atoms with Crippen LogP contribution in [0.15, 0.2) is 12.7 Å². The van der Waals surface area contributed by atoms with Crippen molar-refractivity contribution in [1.29, 1.82) is 0 Å². The molecule has 0 aromatic carbocycles. The van der Waals surface area contributed by atoms with Crippen molar-refractivity contribution in [3.8, 4) is 0 Å². The third-order valence-electron chi connectivity index (χ3n) is 2.19. The first-order valence-corrected chi connectivity index (χ1v) is 4.50. The lowest BCUT2D eigenvalue weighted by atomic mass is 10.0. The minimum atomic E-state index is -1.24. The van der Waals surface area contributed by atoms with Crippen molar-refractivity contribution < 1.29 is 24.8 Å².